The van der Waals surface area contributed by atoms with Crippen molar-refractivity contribution in [1.29, 1.82) is 0 Å². The lowest BCUT2D eigenvalue weighted by Crippen LogP contribution is -2.20. The lowest BCUT2D eigenvalue weighted by atomic mass is 9.93. The summed E-state index contributed by atoms with van der Waals surface area (Å²) in [5.41, 5.74) is 0. The summed E-state index contributed by atoms with van der Waals surface area (Å²) in [6, 6.07) is 0. The van der Waals surface area contributed by atoms with Crippen LogP contribution in [0.3, 0.4) is 0 Å². The second-order valence-electron chi connectivity index (χ2n) is 4.60. The van der Waals surface area contributed by atoms with Crippen LogP contribution in [0, 0.1) is 5.92 Å². The Morgan fingerprint density at radius 3 is 2.75 bits per heavy atom. The predicted molar refractivity (Wildman–Crippen MR) is 56.6 cm³/mol. The van der Waals surface area contributed by atoms with E-state index in [1.807, 2.05) is 0 Å². The van der Waals surface area contributed by atoms with Crippen LogP contribution >= 0.6 is 0 Å². The molecule has 0 aromatic carbocycles. The van der Waals surface area contributed by atoms with Gasteiger partial charge in [-0.15, -0.1) is 0 Å². The third-order valence-corrected chi connectivity index (χ3v) is 3.37. The topological polar surface area (TPSA) is 52.6 Å². The number of hydrogen-bond acceptors (Lipinski definition) is 4. The summed E-state index contributed by atoms with van der Waals surface area (Å²) >= 11 is 0. The Kier molecular flexibility index (Phi) is 3.46. The van der Waals surface area contributed by atoms with Crippen molar-refractivity contribution >= 4 is 11.9 Å². The molecular weight excluding hydrogens is 208 g/mol. The SMILES string of the molecule is CCCCCC[C@@H]1OC(=O)[C@@H]2OC(=O)C[C@@H]12. The summed E-state index contributed by atoms with van der Waals surface area (Å²) in [6.07, 6.45) is 5.13. The first-order valence-corrected chi connectivity index (χ1v) is 6.12. The highest BCUT2D eigenvalue weighted by molar-refractivity contribution is 5.85. The number of ether oxygens (including phenoxy) is 2. The molecule has 0 saturated carbocycles. The summed E-state index contributed by atoms with van der Waals surface area (Å²) in [5, 5.41) is 0. The molecule has 0 amide bonds. The second kappa shape index (κ2) is 4.85. The number of fused-ring (bicyclic) bond motifs is 1. The van der Waals surface area contributed by atoms with Gasteiger partial charge < -0.3 is 9.47 Å². The van der Waals surface area contributed by atoms with Crippen molar-refractivity contribution in [3.8, 4) is 0 Å². The van der Waals surface area contributed by atoms with Gasteiger partial charge in [-0.25, -0.2) is 4.79 Å². The summed E-state index contributed by atoms with van der Waals surface area (Å²) in [7, 11) is 0. The van der Waals surface area contributed by atoms with Gasteiger partial charge in [-0.05, 0) is 12.8 Å². The first-order chi connectivity index (χ1) is 7.72. The monoisotopic (exact) mass is 226 g/mol. The van der Waals surface area contributed by atoms with Crippen molar-refractivity contribution in [2.75, 3.05) is 0 Å². The molecule has 0 aromatic rings. The molecule has 0 N–H and O–H groups in total. The highest BCUT2D eigenvalue weighted by Gasteiger charge is 2.52. The molecule has 0 aromatic heterocycles. The highest BCUT2D eigenvalue weighted by Crippen LogP contribution is 2.36. The van der Waals surface area contributed by atoms with Gasteiger partial charge in [0.1, 0.15) is 6.10 Å². The van der Waals surface area contributed by atoms with Crippen molar-refractivity contribution in [3.05, 3.63) is 0 Å². The van der Waals surface area contributed by atoms with E-state index < -0.39 is 6.10 Å². The fraction of sp³-hybridized carbons (Fsp3) is 0.833. The van der Waals surface area contributed by atoms with Crippen LogP contribution in [0.1, 0.15) is 45.4 Å². The quantitative estimate of drug-likeness (QED) is 0.530. The van der Waals surface area contributed by atoms with E-state index in [1.165, 1.54) is 12.8 Å². The van der Waals surface area contributed by atoms with E-state index in [0.717, 1.165) is 19.3 Å². The molecule has 2 rings (SSSR count). The number of carbonyl (C=O) groups is 2. The van der Waals surface area contributed by atoms with Gasteiger partial charge in [0.25, 0.3) is 0 Å². The molecule has 16 heavy (non-hydrogen) atoms. The smallest absolute Gasteiger partial charge is 0.348 e. The van der Waals surface area contributed by atoms with Gasteiger partial charge >= 0.3 is 11.9 Å². The standard InChI is InChI=1S/C12H18O4/c1-2-3-4-5-6-9-8-7-10(13)16-11(8)12(14)15-9/h8-9,11H,2-7H2,1H3/t8-,9-,11+/m0/s1. The summed E-state index contributed by atoms with van der Waals surface area (Å²) in [6.45, 7) is 2.16. The molecule has 2 saturated heterocycles. The van der Waals surface area contributed by atoms with Crippen LogP contribution < -0.4 is 0 Å². The molecule has 0 bridgehead atoms. The number of cyclic esters (lactones) is 1. The molecule has 4 nitrogen and oxygen atoms in total. The van der Waals surface area contributed by atoms with Gasteiger partial charge in [-0.1, -0.05) is 26.2 Å². The minimum atomic E-state index is -0.608. The maximum atomic E-state index is 11.4. The van der Waals surface area contributed by atoms with E-state index >= 15 is 0 Å². The van der Waals surface area contributed by atoms with Gasteiger partial charge in [-0.2, -0.15) is 0 Å². The van der Waals surface area contributed by atoms with E-state index in [0.29, 0.717) is 6.42 Å². The fourth-order valence-corrected chi connectivity index (χ4v) is 2.47. The number of carbonyl (C=O) groups excluding carboxylic acids is 2. The minimum Gasteiger partial charge on any atom is -0.459 e. The van der Waals surface area contributed by atoms with Gasteiger partial charge in [-0.3, -0.25) is 4.79 Å². The maximum Gasteiger partial charge on any atom is 0.348 e. The molecule has 3 atom stereocenters. The number of hydrogen-bond donors (Lipinski definition) is 0. The van der Waals surface area contributed by atoms with E-state index in [9.17, 15) is 9.59 Å². The fourth-order valence-electron chi connectivity index (χ4n) is 2.47. The van der Waals surface area contributed by atoms with Crippen molar-refractivity contribution < 1.29 is 19.1 Å². The molecule has 2 fully saturated rings. The zero-order chi connectivity index (χ0) is 11.5. The Morgan fingerprint density at radius 2 is 2.00 bits per heavy atom. The number of rotatable bonds is 5. The first-order valence-electron chi connectivity index (χ1n) is 6.12. The normalized spacial score (nSPS) is 32.4. The van der Waals surface area contributed by atoms with Gasteiger partial charge in [0.15, 0.2) is 0 Å². The minimum absolute atomic E-state index is 0.0263. The Balaban J connectivity index is 1.82. The molecule has 0 radical (unpaired) electrons. The van der Waals surface area contributed by atoms with Gasteiger partial charge in [0.05, 0.1) is 12.3 Å². The van der Waals surface area contributed by atoms with Crippen molar-refractivity contribution in [1.82, 2.24) is 0 Å². The number of unbranched alkanes of at least 4 members (excludes halogenated alkanes) is 3. The van der Waals surface area contributed by atoms with Crippen LogP contribution in [0.25, 0.3) is 0 Å². The van der Waals surface area contributed by atoms with E-state index in [1.54, 1.807) is 0 Å². The highest BCUT2D eigenvalue weighted by atomic mass is 16.6. The van der Waals surface area contributed by atoms with Crippen molar-refractivity contribution in [3.63, 3.8) is 0 Å². The summed E-state index contributed by atoms with van der Waals surface area (Å²) in [4.78, 5) is 22.5. The predicted octanol–water partition coefficient (Wildman–Crippen LogP) is 1.81. The number of esters is 2. The van der Waals surface area contributed by atoms with Crippen molar-refractivity contribution in [2.24, 2.45) is 5.92 Å². The zero-order valence-corrected chi connectivity index (χ0v) is 9.61. The first kappa shape index (κ1) is 11.4. The summed E-state index contributed by atoms with van der Waals surface area (Å²) < 4.78 is 10.2. The Labute approximate surface area is 95.3 Å². The van der Waals surface area contributed by atoms with Crippen LogP contribution in [-0.4, -0.2) is 24.1 Å². The molecule has 2 aliphatic rings. The molecule has 4 heteroatoms. The third-order valence-electron chi connectivity index (χ3n) is 3.37. The Bertz CT molecular complexity index is 287. The molecule has 2 heterocycles. The van der Waals surface area contributed by atoms with E-state index in [2.05, 4.69) is 6.92 Å². The van der Waals surface area contributed by atoms with Crippen LogP contribution in [0.5, 0.6) is 0 Å². The lowest BCUT2D eigenvalue weighted by molar-refractivity contribution is -0.158. The zero-order valence-electron chi connectivity index (χ0n) is 9.61. The van der Waals surface area contributed by atoms with Crippen LogP contribution in [0.2, 0.25) is 0 Å². The van der Waals surface area contributed by atoms with E-state index in [4.69, 9.17) is 9.47 Å². The maximum absolute atomic E-state index is 11.4. The largest absolute Gasteiger partial charge is 0.459 e. The molecule has 2 aliphatic heterocycles. The molecular formula is C12H18O4. The molecule has 0 aliphatic carbocycles. The van der Waals surface area contributed by atoms with Crippen LogP contribution in [-0.2, 0) is 19.1 Å². The molecule has 0 unspecified atom stereocenters. The molecule has 90 valence electrons. The summed E-state index contributed by atoms with van der Waals surface area (Å²) in [5.74, 6) is -0.636. The van der Waals surface area contributed by atoms with E-state index in [-0.39, 0.29) is 24.0 Å². The average Bonchev–Trinajstić information content (AvgIpc) is 2.75. The van der Waals surface area contributed by atoms with Crippen molar-refractivity contribution in [2.45, 2.75) is 57.7 Å². The Hall–Kier alpha value is -1.06. The Morgan fingerprint density at radius 1 is 1.19 bits per heavy atom. The van der Waals surface area contributed by atoms with Gasteiger partial charge in [0.2, 0.25) is 6.10 Å². The third kappa shape index (κ3) is 2.20. The van der Waals surface area contributed by atoms with Crippen LogP contribution in [0.15, 0.2) is 0 Å². The lowest BCUT2D eigenvalue weighted by Gasteiger charge is -2.13. The molecule has 0 spiro atoms. The second-order valence-corrected chi connectivity index (χ2v) is 4.60. The average molecular weight is 226 g/mol. The van der Waals surface area contributed by atoms with Crippen LogP contribution in [0.4, 0.5) is 0 Å². The van der Waals surface area contributed by atoms with Gasteiger partial charge in [0, 0.05) is 0 Å².